The largest absolute Gasteiger partial charge is 0.508 e. The van der Waals surface area contributed by atoms with E-state index < -0.39 is 11.6 Å². The summed E-state index contributed by atoms with van der Waals surface area (Å²) >= 11 is 0. The van der Waals surface area contributed by atoms with Gasteiger partial charge in [-0.05, 0) is 36.4 Å². The third-order valence-electron chi connectivity index (χ3n) is 4.80. The Morgan fingerprint density at radius 1 is 0.862 bits per heavy atom. The van der Waals surface area contributed by atoms with Crippen molar-refractivity contribution < 1.29 is 34.4 Å². The Bertz CT molecular complexity index is 1100. The topological polar surface area (TPSA) is 139 Å². The van der Waals surface area contributed by atoms with Gasteiger partial charge in [0, 0.05) is 34.5 Å². The zero-order chi connectivity index (χ0) is 20.8. The fourth-order valence-corrected chi connectivity index (χ4v) is 3.72. The highest BCUT2D eigenvalue weighted by molar-refractivity contribution is 5.98. The van der Waals surface area contributed by atoms with E-state index in [1.54, 1.807) is 30.3 Å². The zero-order valence-electron chi connectivity index (χ0n) is 14.7. The molecule has 0 unspecified atom stereocenters. The minimum atomic E-state index is -1.23. The van der Waals surface area contributed by atoms with Gasteiger partial charge in [0.1, 0.15) is 23.0 Å². The minimum absolute atomic E-state index is 0.0179. The fraction of sp³-hybridized carbons (Fsp3) is 0.0476. The first-order chi connectivity index (χ1) is 13.9. The van der Waals surface area contributed by atoms with Gasteiger partial charge in [-0.25, -0.2) is 9.59 Å². The lowest BCUT2D eigenvalue weighted by atomic mass is 9.77. The number of ether oxygens (including phenoxy) is 2. The molecule has 8 nitrogen and oxygen atoms in total. The molecule has 5 rings (SSSR count). The highest BCUT2D eigenvalue weighted by Gasteiger charge is 2.53. The Labute approximate surface area is 164 Å². The van der Waals surface area contributed by atoms with Gasteiger partial charge in [0.15, 0.2) is 5.60 Å². The van der Waals surface area contributed by atoms with Crippen molar-refractivity contribution in [3.63, 3.8) is 0 Å². The van der Waals surface area contributed by atoms with Crippen molar-refractivity contribution in [2.75, 3.05) is 5.73 Å². The Kier molecular flexibility index (Phi) is 4.04. The normalized spacial score (nSPS) is 14.4. The number of hydrogen-bond acceptors (Lipinski definition) is 7. The van der Waals surface area contributed by atoms with Crippen LogP contribution in [0.5, 0.6) is 23.0 Å². The summed E-state index contributed by atoms with van der Waals surface area (Å²) in [5, 5.41) is 26.5. The van der Waals surface area contributed by atoms with Crippen LogP contribution in [-0.4, -0.2) is 27.8 Å². The molecule has 0 saturated carbocycles. The van der Waals surface area contributed by atoms with Crippen LogP contribution in [-0.2, 0) is 15.1 Å². The SMILES string of the molecule is Nc1ccc2c(c1)C(=O)OC21c2ccc(O)cc2Oc2cc(O)ccc21.O=[C]O. The number of aromatic hydroxyl groups is 2. The van der Waals surface area contributed by atoms with E-state index in [1.807, 2.05) is 0 Å². The van der Waals surface area contributed by atoms with Crippen molar-refractivity contribution in [3.05, 3.63) is 76.9 Å². The number of fused-ring (bicyclic) bond motifs is 6. The number of anilines is 1. The van der Waals surface area contributed by atoms with Crippen LogP contribution < -0.4 is 10.5 Å². The number of benzene rings is 3. The summed E-state index contributed by atoms with van der Waals surface area (Å²) in [7, 11) is 0. The van der Waals surface area contributed by atoms with E-state index in [9.17, 15) is 15.0 Å². The van der Waals surface area contributed by atoms with Crippen molar-refractivity contribution in [3.8, 4) is 23.0 Å². The van der Waals surface area contributed by atoms with Crippen LogP contribution >= 0.6 is 0 Å². The molecule has 0 fully saturated rings. The van der Waals surface area contributed by atoms with Gasteiger partial charge in [-0.1, -0.05) is 6.07 Å². The van der Waals surface area contributed by atoms with Gasteiger partial charge < -0.3 is 30.5 Å². The number of carbonyl (C=O) groups excluding carboxylic acids is 1. The maximum Gasteiger partial charge on any atom is 0.414 e. The van der Waals surface area contributed by atoms with Gasteiger partial charge in [-0.3, -0.25) is 0 Å². The van der Waals surface area contributed by atoms with Crippen molar-refractivity contribution in [2.45, 2.75) is 5.60 Å². The van der Waals surface area contributed by atoms with Crippen LogP contribution in [0.15, 0.2) is 54.6 Å². The average molecular weight is 392 g/mol. The molecule has 145 valence electrons. The summed E-state index contributed by atoms with van der Waals surface area (Å²) in [4.78, 5) is 20.9. The molecule has 2 aliphatic rings. The van der Waals surface area contributed by atoms with Crippen LogP contribution in [0.4, 0.5) is 5.69 Å². The Balaban J connectivity index is 0.000000645. The maximum atomic E-state index is 12.6. The smallest absolute Gasteiger partial charge is 0.414 e. The molecule has 1 radical (unpaired) electrons. The van der Waals surface area contributed by atoms with Crippen LogP contribution in [0.3, 0.4) is 0 Å². The van der Waals surface area contributed by atoms with Gasteiger partial charge >= 0.3 is 12.4 Å². The van der Waals surface area contributed by atoms with Crippen molar-refractivity contribution in [2.24, 2.45) is 0 Å². The molecule has 0 atom stereocenters. The van der Waals surface area contributed by atoms with E-state index >= 15 is 0 Å². The minimum Gasteiger partial charge on any atom is -0.508 e. The lowest BCUT2D eigenvalue weighted by molar-refractivity contribution is 0.0224. The highest BCUT2D eigenvalue weighted by atomic mass is 16.6. The van der Waals surface area contributed by atoms with E-state index in [0.717, 1.165) is 0 Å². The quantitative estimate of drug-likeness (QED) is 0.338. The molecular weight excluding hydrogens is 378 g/mol. The number of nitrogen functional groups attached to an aromatic ring is 1. The number of hydrogen-bond donors (Lipinski definition) is 4. The summed E-state index contributed by atoms with van der Waals surface area (Å²) in [6.07, 6.45) is 0. The first-order valence-electron chi connectivity index (χ1n) is 8.40. The van der Waals surface area contributed by atoms with Crippen molar-refractivity contribution in [1.82, 2.24) is 0 Å². The molecule has 2 heterocycles. The third kappa shape index (κ3) is 2.61. The van der Waals surface area contributed by atoms with E-state index in [2.05, 4.69) is 0 Å². The lowest BCUT2D eigenvalue weighted by Crippen LogP contribution is -2.32. The molecule has 0 aromatic heterocycles. The Morgan fingerprint density at radius 2 is 1.38 bits per heavy atom. The van der Waals surface area contributed by atoms with E-state index in [-0.39, 0.29) is 11.5 Å². The van der Waals surface area contributed by atoms with E-state index in [0.29, 0.717) is 45.9 Å². The summed E-state index contributed by atoms with van der Waals surface area (Å²) in [5.41, 5.74) is 7.26. The second-order valence-electron chi connectivity index (χ2n) is 6.43. The molecule has 0 aliphatic carbocycles. The standard InChI is InChI=1S/C20H13NO5.CHO2/c21-10-1-4-14-13(7-10)19(24)26-20(14)15-5-2-11(22)8-17(15)25-18-9-12(23)3-6-16(18)20;2-1-3/h1-9,22-23H,21H2;(H,2,3). The van der Waals surface area contributed by atoms with Crippen LogP contribution in [0.2, 0.25) is 0 Å². The second-order valence-corrected chi connectivity index (χ2v) is 6.43. The van der Waals surface area contributed by atoms with Crippen molar-refractivity contribution in [1.29, 1.82) is 0 Å². The fourth-order valence-electron chi connectivity index (χ4n) is 3.72. The van der Waals surface area contributed by atoms with Crippen molar-refractivity contribution >= 4 is 18.1 Å². The third-order valence-corrected chi connectivity index (χ3v) is 4.80. The van der Waals surface area contributed by atoms with Crippen LogP contribution in [0.1, 0.15) is 27.0 Å². The molecule has 0 saturated heterocycles. The van der Waals surface area contributed by atoms with E-state index in [4.69, 9.17) is 25.1 Å². The summed E-state index contributed by atoms with van der Waals surface area (Å²) in [5.74, 6) is 0.238. The lowest BCUT2D eigenvalue weighted by Gasteiger charge is -2.36. The number of phenols is 2. The Morgan fingerprint density at radius 3 is 1.93 bits per heavy atom. The highest BCUT2D eigenvalue weighted by Crippen LogP contribution is 2.57. The predicted octanol–water partition coefficient (Wildman–Crippen LogP) is 2.86. The molecule has 0 bridgehead atoms. The number of aliphatic hydroxyl groups excluding tert-OH is 1. The maximum absolute atomic E-state index is 12.6. The zero-order valence-corrected chi connectivity index (χ0v) is 14.7. The molecule has 8 heteroatoms. The molecule has 3 aromatic carbocycles. The Hall–Kier alpha value is -4.20. The number of phenolic OH excluding ortho intramolecular Hbond substituents is 2. The summed E-state index contributed by atoms with van der Waals surface area (Å²) < 4.78 is 11.8. The van der Waals surface area contributed by atoms with Crippen LogP contribution in [0, 0.1) is 0 Å². The molecule has 2 aliphatic heterocycles. The number of carbonyl (C=O) groups is 1. The molecule has 5 N–H and O–H groups in total. The first-order valence-corrected chi connectivity index (χ1v) is 8.40. The summed E-state index contributed by atoms with van der Waals surface area (Å²) in [6, 6.07) is 14.3. The van der Waals surface area contributed by atoms with Gasteiger partial charge in [-0.2, -0.15) is 0 Å². The number of esters is 1. The monoisotopic (exact) mass is 392 g/mol. The predicted molar refractivity (Wildman–Crippen MR) is 101 cm³/mol. The molecular formula is C21H14NO7. The molecule has 29 heavy (non-hydrogen) atoms. The van der Waals surface area contributed by atoms with Gasteiger partial charge in [0.05, 0.1) is 5.56 Å². The molecule has 1 spiro atoms. The number of nitrogens with two attached hydrogens (primary N) is 1. The second kappa shape index (κ2) is 6.45. The summed E-state index contributed by atoms with van der Waals surface area (Å²) in [6.45, 7) is 0.500. The molecule has 3 aromatic rings. The van der Waals surface area contributed by atoms with Crippen LogP contribution in [0.25, 0.3) is 0 Å². The van der Waals surface area contributed by atoms with Gasteiger partial charge in [0.2, 0.25) is 0 Å². The van der Waals surface area contributed by atoms with Gasteiger partial charge in [0.25, 0.3) is 0 Å². The number of rotatable bonds is 0. The van der Waals surface area contributed by atoms with E-state index in [1.165, 1.54) is 24.3 Å². The molecule has 0 amide bonds. The average Bonchev–Trinajstić information content (AvgIpc) is 2.94. The van der Waals surface area contributed by atoms with Gasteiger partial charge in [-0.15, -0.1) is 0 Å². The first kappa shape index (κ1) is 18.2.